The maximum Gasteiger partial charge on any atom is 0.269 e. The molecule has 3 nitrogen and oxygen atoms in total. The van der Waals surface area contributed by atoms with Crippen molar-refractivity contribution in [3.63, 3.8) is 0 Å². The maximum atomic E-state index is 12.8. The van der Waals surface area contributed by atoms with E-state index in [0.29, 0.717) is 12.1 Å². The number of rotatable bonds is 3. The first kappa shape index (κ1) is 14.8. The van der Waals surface area contributed by atoms with E-state index in [0.717, 1.165) is 16.8 Å². The van der Waals surface area contributed by atoms with Gasteiger partial charge in [0.1, 0.15) is 11.6 Å². The third-order valence-electron chi connectivity index (χ3n) is 3.86. The minimum absolute atomic E-state index is 0.209. The van der Waals surface area contributed by atoms with E-state index < -0.39 is 0 Å². The van der Waals surface area contributed by atoms with Crippen LogP contribution in [0.1, 0.15) is 16.7 Å². The Labute approximate surface area is 135 Å². The molecule has 112 valence electrons. The van der Waals surface area contributed by atoms with E-state index >= 15 is 0 Å². The van der Waals surface area contributed by atoms with Gasteiger partial charge in [0, 0.05) is 0 Å². The van der Waals surface area contributed by atoms with Crippen molar-refractivity contribution in [3.8, 4) is 17.3 Å². The molecule has 0 saturated carbocycles. The molecular weight excluding hydrogens is 284 g/mol. The zero-order chi connectivity index (χ0) is 16.2. The maximum absolute atomic E-state index is 12.8. The summed E-state index contributed by atoms with van der Waals surface area (Å²) in [5.41, 5.74) is 3.50. The average molecular weight is 300 g/mol. The molecule has 3 heteroatoms. The van der Waals surface area contributed by atoms with Gasteiger partial charge in [-0.05, 0) is 29.7 Å². The van der Waals surface area contributed by atoms with Crippen molar-refractivity contribution in [2.45, 2.75) is 13.5 Å². The van der Waals surface area contributed by atoms with Crippen LogP contribution < -0.4 is 5.56 Å². The largest absolute Gasteiger partial charge is 0.303 e. The van der Waals surface area contributed by atoms with Crippen LogP contribution >= 0.6 is 0 Å². The quantitative estimate of drug-likeness (QED) is 0.739. The highest BCUT2D eigenvalue weighted by Gasteiger charge is 2.13. The van der Waals surface area contributed by atoms with E-state index in [1.165, 1.54) is 0 Å². The van der Waals surface area contributed by atoms with Crippen LogP contribution in [0.5, 0.6) is 0 Å². The number of pyridine rings is 1. The lowest BCUT2D eigenvalue weighted by Crippen LogP contribution is -2.25. The molecule has 0 aliphatic heterocycles. The molecule has 0 spiro atoms. The third kappa shape index (κ3) is 2.93. The van der Waals surface area contributed by atoms with Crippen LogP contribution in [0.3, 0.4) is 0 Å². The molecule has 0 amide bonds. The second-order valence-corrected chi connectivity index (χ2v) is 5.44. The zero-order valence-electron chi connectivity index (χ0n) is 12.9. The summed E-state index contributed by atoms with van der Waals surface area (Å²) in [6, 6.07) is 23.5. The fourth-order valence-electron chi connectivity index (χ4n) is 2.68. The summed E-state index contributed by atoms with van der Waals surface area (Å²) in [4.78, 5) is 12.8. The van der Waals surface area contributed by atoms with Crippen molar-refractivity contribution >= 4 is 0 Å². The standard InChI is InChI=1S/C20H16N2O/c1-15-12-19(17-10-6-3-7-11-17)22(20(23)18(15)13-21)14-16-8-4-2-5-9-16/h2-12H,14H2,1H3. The van der Waals surface area contributed by atoms with Gasteiger partial charge in [0.25, 0.3) is 5.56 Å². The molecule has 0 saturated heterocycles. The highest BCUT2D eigenvalue weighted by molar-refractivity contribution is 5.62. The Morgan fingerprint density at radius 2 is 1.61 bits per heavy atom. The minimum atomic E-state index is -0.241. The van der Waals surface area contributed by atoms with Crippen LogP contribution in [0.2, 0.25) is 0 Å². The normalized spacial score (nSPS) is 10.3. The highest BCUT2D eigenvalue weighted by atomic mass is 16.1. The predicted octanol–water partition coefficient (Wildman–Crippen LogP) is 3.74. The van der Waals surface area contributed by atoms with Gasteiger partial charge in [-0.1, -0.05) is 60.7 Å². The molecule has 0 atom stereocenters. The van der Waals surface area contributed by atoms with Crippen molar-refractivity contribution in [1.29, 1.82) is 5.26 Å². The summed E-state index contributed by atoms with van der Waals surface area (Å²) < 4.78 is 1.68. The third-order valence-corrected chi connectivity index (χ3v) is 3.86. The Morgan fingerprint density at radius 3 is 2.22 bits per heavy atom. The molecule has 3 rings (SSSR count). The summed E-state index contributed by atoms with van der Waals surface area (Å²) in [6.07, 6.45) is 0. The lowest BCUT2D eigenvalue weighted by molar-refractivity contribution is 0.763. The summed E-state index contributed by atoms with van der Waals surface area (Å²) in [6.45, 7) is 2.25. The summed E-state index contributed by atoms with van der Waals surface area (Å²) in [5, 5.41) is 9.29. The zero-order valence-corrected chi connectivity index (χ0v) is 12.9. The fourth-order valence-corrected chi connectivity index (χ4v) is 2.68. The molecule has 3 aromatic rings. The molecule has 0 aliphatic carbocycles. The van der Waals surface area contributed by atoms with E-state index in [1.54, 1.807) is 11.5 Å². The van der Waals surface area contributed by atoms with E-state index in [9.17, 15) is 10.1 Å². The first-order chi connectivity index (χ1) is 11.2. The van der Waals surface area contributed by atoms with Crippen LogP contribution in [0.25, 0.3) is 11.3 Å². The number of hydrogen-bond donors (Lipinski definition) is 0. The molecule has 0 radical (unpaired) electrons. The second-order valence-electron chi connectivity index (χ2n) is 5.44. The number of aryl methyl sites for hydroxylation is 1. The molecule has 23 heavy (non-hydrogen) atoms. The smallest absolute Gasteiger partial charge is 0.269 e. The van der Waals surface area contributed by atoms with E-state index in [1.807, 2.05) is 72.8 Å². The number of hydrogen-bond acceptors (Lipinski definition) is 2. The van der Waals surface area contributed by atoms with Crippen molar-refractivity contribution in [2.75, 3.05) is 0 Å². The van der Waals surface area contributed by atoms with Gasteiger partial charge < -0.3 is 4.57 Å². The van der Waals surface area contributed by atoms with Gasteiger partial charge in [-0.2, -0.15) is 5.26 Å². The van der Waals surface area contributed by atoms with Gasteiger partial charge in [0.05, 0.1) is 12.2 Å². The number of nitrogens with zero attached hydrogens (tertiary/aromatic N) is 2. The lowest BCUT2D eigenvalue weighted by atomic mass is 10.0. The second kappa shape index (κ2) is 6.33. The Morgan fingerprint density at radius 1 is 1.00 bits per heavy atom. The Kier molecular flexibility index (Phi) is 4.07. The predicted molar refractivity (Wildman–Crippen MR) is 91.1 cm³/mol. The molecule has 0 unspecified atom stereocenters. The molecular formula is C20H16N2O. The summed E-state index contributed by atoms with van der Waals surface area (Å²) >= 11 is 0. The molecule has 1 heterocycles. The van der Waals surface area contributed by atoms with Gasteiger partial charge in [0.15, 0.2) is 0 Å². The van der Waals surface area contributed by atoms with Crippen LogP contribution in [-0.4, -0.2) is 4.57 Å². The number of benzene rings is 2. The van der Waals surface area contributed by atoms with Gasteiger partial charge in [0.2, 0.25) is 0 Å². The highest BCUT2D eigenvalue weighted by Crippen LogP contribution is 2.21. The molecule has 0 bridgehead atoms. The van der Waals surface area contributed by atoms with Crippen molar-refractivity contribution in [3.05, 3.63) is 93.8 Å². The van der Waals surface area contributed by atoms with E-state index in [4.69, 9.17) is 0 Å². The van der Waals surface area contributed by atoms with Crippen molar-refractivity contribution in [1.82, 2.24) is 4.57 Å². The first-order valence-electron chi connectivity index (χ1n) is 7.44. The molecule has 1 aromatic heterocycles. The van der Waals surface area contributed by atoms with Gasteiger partial charge >= 0.3 is 0 Å². The summed E-state index contributed by atoms with van der Waals surface area (Å²) in [5.74, 6) is 0. The molecule has 2 aromatic carbocycles. The number of nitriles is 1. The van der Waals surface area contributed by atoms with Crippen molar-refractivity contribution < 1.29 is 0 Å². The molecule has 0 aliphatic rings. The molecule has 0 fully saturated rings. The topological polar surface area (TPSA) is 45.8 Å². The SMILES string of the molecule is Cc1cc(-c2ccccc2)n(Cc2ccccc2)c(=O)c1C#N. The van der Waals surface area contributed by atoms with Crippen LogP contribution in [0, 0.1) is 18.3 Å². The Balaban J connectivity index is 2.23. The van der Waals surface area contributed by atoms with Crippen molar-refractivity contribution in [2.24, 2.45) is 0 Å². The lowest BCUT2D eigenvalue weighted by Gasteiger charge is -2.15. The van der Waals surface area contributed by atoms with Gasteiger partial charge in [-0.3, -0.25) is 4.79 Å². The van der Waals surface area contributed by atoms with Crippen LogP contribution in [-0.2, 0) is 6.54 Å². The van der Waals surface area contributed by atoms with E-state index in [-0.39, 0.29) is 11.1 Å². The number of aromatic nitrogens is 1. The van der Waals surface area contributed by atoms with Gasteiger partial charge in [-0.15, -0.1) is 0 Å². The van der Waals surface area contributed by atoms with Crippen LogP contribution in [0.4, 0.5) is 0 Å². The van der Waals surface area contributed by atoms with Gasteiger partial charge in [-0.25, -0.2) is 0 Å². The average Bonchev–Trinajstić information content (AvgIpc) is 2.59. The van der Waals surface area contributed by atoms with E-state index in [2.05, 4.69) is 0 Å². The Hall–Kier alpha value is -3.12. The minimum Gasteiger partial charge on any atom is -0.303 e. The molecule has 0 N–H and O–H groups in total. The Bertz CT molecular complexity index is 920. The van der Waals surface area contributed by atoms with Crippen LogP contribution in [0.15, 0.2) is 71.5 Å². The first-order valence-corrected chi connectivity index (χ1v) is 7.44. The summed E-state index contributed by atoms with van der Waals surface area (Å²) in [7, 11) is 0. The monoisotopic (exact) mass is 300 g/mol. The fraction of sp³-hybridized carbons (Fsp3) is 0.100.